The third-order valence-electron chi connectivity index (χ3n) is 2.11. The van der Waals surface area contributed by atoms with E-state index in [1.807, 2.05) is 31.2 Å². The van der Waals surface area contributed by atoms with E-state index in [2.05, 4.69) is 10.6 Å². The van der Waals surface area contributed by atoms with Crippen molar-refractivity contribution in [1.29, 1.82) is 0 Å². The molecule has 0 fully saturated rings. The fourth-order valence-corrected chi connectivity index (χ4v) is 1.31. The van der Waals surface area contributed by atoms with Gasteiger partial charge in [0.25, 0.3) is 0 Å². The number of anilines is 1. The molecule has 16 heavy (non-hydrogen) atoms. The average molecular weight is 222 g/mol. The lowest BCUT2D eigenvalue weighted by Crippen LogP contribution is -2.20. The van der Waals surface area contributed by atoms with E-state index in [1.54, 1.807) is 7.05 Å². The quantitative estimate of drug-likeness (QED) is 0.769. The first-order valence-corrected chi connectivity index (χ1v) is 5.43. The Hall–Kier alpha value is -1.71. The number of carbonyl (C=O) groups is 1. The van der Waals surface area contributed by atoms with Crippen LogP contribution >= 0.6 is 0 Å². The summed E-state index contributed by atoms with van der Waals surface area (Å²) in [7, 11) is 1.64. The zero-order chi connectivity index (χ0) is 11.8. The number of hydrogen-bond donors (Lipinski definition) is 2. The molecular formula is C12H18N2O2. The van der Waals surface area contributed by atoms with Crippen molar-refractivity contribution in [2.45, 2.75) is 13.3 Å². The fraction of sp³-hybridized carbons (Fsp3) is 0.417. The topological polar surface area (TPSA) is 50.4 Å². The summed E-state index contributed by atoms with van der Waals surface area (Å²) in [6.45, 7) is 3.22. The van der Waals surface area contributed by atoms with Crippen molar-refractivity contribution in [3.8, 4) is 5.75 Å². The van der Waals surface area contributed by atoms with Crippen LogP contribution in [0.15, 0.2) is 24.3 Å². The number of rotatable bonds is 6. The zero-order valence-electron chi connectivity index (χ0n) is 9.75. The molecule has 0 aromatic heterocycles. The van der Waals surface area contributed by atoms with Crippen molar-refractivity contribution in [3.63, 3.8) is 0 Å². The predicted molar refractivity (Wildman–Crippen MR) is 64.8 cm³/mol. The number of carbonyl (C=O) groups excluding carboxylic acids is 1. The van der Waals surface area contributed by atoms with E-state index in [4.69, 9.17) is 4.74 Å². The molecule has 1 amide bonds. The van der Waals surface area contributed by atoms with Crippen molar-refractivity contribution < 1.29 is 9.53 Å². The summed E-state index contributed by atoms with van der Waals surface area (Å²) in [5, 5.41) is 5.75. The summed E-state index contributed by atoms with van der Waals surface area (Å²) >= 11 is 0. The lowest BCUT2D eigenvalue weighted by atomic mass is 10.3. The van der Waals surface area contributed by atoms with E-state index in [0.717, 1.165) is 11.4 Å². The highest BCUT2D eigenvalue weighted by molar-refractivity contribution is 5.76. The number of hydrogen-bond acceptors (Lipinski definition) is 3. The molecule has 0 saturated heterocycles. The first kappa shape index (κ1) is 12.4. The van der Waals surface area contributed by atoms with Gasteiger partial charge in [-0.2, -0.15) is 0 Å². The molecule has 1 rings (SSSR count). The number of ether oxygens (including phenoxy) is 1. The molecule has 0 heterocycles. The summed E-state index contributed by atoms with van der Waals surface area (Å²) in [4.78, 5) is 11.0. The lowest BCUT2D eigenvalue weighted by molar-refractivity contribution is -0.120. The first-order chi connectivity index (χ1) is 7.76. The smallest absolute Gasteiger partial charge is 0.221 e. The number of benzene rings is 1. The Morgan fingerprint density at radius 3 is 2.94 bits per heavy atom. The van der Waals surface area contributed by atoms with Crippen molar-refractivity contribution in [3.05, 3.63) is 24.3 Å². The van der Waals surface area contributed by atoms with Crippen molar-refractivity contribution >= 4 is 11.6 Å². The van der Waals surface area contributed by atoms with Crippen LogP contribution < -0.4 is 15.4 Å². The van der Waals surface area contributed by atoms with Crippen molar-refractivity contribution in [2.24, 2.45) is 0 Å². The van der Waals surface area contributed by atoms with Crippen LogP contribution in [-0.2, 0) is 4.79 Å². The highest BCUT2D eigenvalue weighted by atomic mass is 16.5. The van der Waals surface area contributed by atoms with Gasteiger partial charge in [-0.25, -0.2) is 0 Å². The maximum atomic E-state index is 11.0. The standard InChI is InChI=1S/C12H18N2O2/c1-3-16-11-6-4-5-10(9-11)14-8-7-12(15)13-2/h4-6,9,14H,3,7-8H2,1-2H3,(H,13,15). The molecule has 0 unspecified atom stereocenters. The van der Waals surface area contributed by atoms with Gasteiger partial charge in [0.1, 0.15) is 5.75 Å². The van der Waals surface area contributed by atoms with Gasteiger partial charge >= 0.3 is 0 Å². The molecule has 0 bridgehead atoms. The van der Waals surface area contributed by atoms with E-state index >= 15 is 0 Å². The first-order valence-electron chi connectivity index (χ1n) is 5.43. The second kappa shape index (κ2) is 6.71. The van der Waals surface area contributed by atoms with Crippen molar-refractivity contribution in [1.82, 2.24) is 5.32 Å². The lowest BCUT2D eigenvalue weighted by Gasteiger charge is -2.08. The Morgan fingerprint density at radius 1 is 1.44 bits per heavy atom. The van der Waals surface area contributed by atoms with Gasteiger partial charge in [-0.1, -0.05) is 6.07 Å². The van der Waals surface area contributed by atoms with Crippen LogP contribution in [0.2, 0.25) is 0 Å². The van der Waals surface area contributed by atoms with Gasteiger partial charge < -0.3 is 15.4 Å². The summed E-state index contributed by atoms with van der Waals surface area (Å²) in [6.07, 6.45) is 0.468. The molecule has 0 aliphatic heterocycles. The fourth-order valence-electron chi connectivity index (χ4n) is 1.31. The van der Waals surface area contributed by atoms with Gasteiger partial charge in [0.05, 0.1) is 6.61 Å². The predicted octanol–water partition coefficient (Wildman–Crippen LogP) is 1.63. The Kier molecular flexibility index (Phi) is 5.19. The van der Waals surface area contributed by atoms with Crippen molar-refractivity contribution in [2.75, 3.05) is 25.5 Å². The minimum absolute atomic E-state index is 0.0356. The molecule has 1 aromatic carbocycles. The highest BCUT2D eigenvalue weighted by Crippen LogP contribution is 2.16. The minimum Gasteiger partial charge on any atom is -0.494 e. The van der Waals surface area contributed by atoms with E-state index in [9.17, 15) is 4.79 Å². The summed E-state index contributed by atoms with van der Waals surface area (Å²) < 4.78 is 5.38. The Morgan fingerprint density at radius 2 is 2.25 bits per heavy atom. The largest absolute Gasteiger partial charge is 0.494 e. The maximum Gasteiger partial charge on any atom is 0.221 e. The third-order valence-corrected chi connectivity index (χ3v) is 2.11. The molecular weight excluding hydrogens is 204 g/mol. The highest BCUT2D eigenvalue weighted by Gasteiger charge is 1.98. The molecule has 0 aliphatic carbocycles. The summed E-state index contributed by atoms with van der Waals surface area (Å²) in [5.41, 5.74) is 0.967. The van der Waals surface area contributed by atoms with Gasteiger partial charge in [0.15, 0.2) is 0 Å². The molecule has 0 spiro atoms. The molecule has 4 nitrogen and oxygen atoms in total. The SMILES string of the molecule is CCOc1cccc(NCCC(=O)NC)c1. The van der Waals surface area contributed by atoms with Crippen LogP contribution in [0.25, 0.3) is 0 Å². The molecule has 0 radical (unpaired) electrons. The summed E-state index contributed by atoms with van der Waals surface area (Å²) in [5.74, 6) is 0.876. The van der Waals surface area contributed by atoms with E-state index in [0.29, 0.717) is 19.6 Å². The molecule has 2 N–H and O–H groups in total. The van der Waals surface area contributed by atoms with Crippen LogP contribution in [0.5, 0.6) is 5.75 Å². The van der Waals surface area contributed by atoms with Crippen LogP contribution in [0, 0.1) is 0 Å². The zero-order valence-corrected chi connectivity index (χ0v) is 9.75. The molecule has 0 saturated carbocycles. The molecule has 0 atom stereocenters. The third kappa shape index (κ3) is 4.21. The van der Waals surface area contributed by atoms with Crippen LogP contribution in [0.4, 0.5) is 5.69 Å². The van der Waals surface area contributed by atoms with E-state index in [-0.39, 0.29) is 5.91 Å². The number of nitrogens with one attached hydrogen (secondary N) is 2. The molecule has 1 aromatic rings. The van der Waals surface area contributed by atoms with E-state index in [1.165, 1.54) is 0 Å². The van der Waals surface area contributed by atoms with Gasteiger partial charge in [-0.3, -0.25) is 4.79 Å². The van der Waals surface area contributed by atoms with Gasteiger partial charge in [-0.05, 0) is 19.1 Å². The second-order valence-corrected chi connectivity index (χ2v) is 3.31. The average Bonchev–Trinajstić information content (AvgIpc) is 2.30. The maximum absolute atomic E-state index is 11.0. The van der Waals surface area contributed by atoms with Crippen LogP contribution in [0.1, 0.15) is 13.3 Å². The molecule has 88 valence electrons. The van der Waals surface area contributed by atoms with Crippen LogP contribution in [0.3, 0.4) is 0 Å². The number of amides is 1. The molecule has 4 heteroatoms. The normalized spacial score (nSPS) is 9.62. The van der Waals surface area contributed by atoms with Gasteiger partial charge in [0.2, 0.25) is 5.91 Å². The second-order valence-electron chi connectivity index (χ2n) is 3.31. The Bertz CT molecular complexity index is 340. The molecule has 0 aliphatic rings. The van der Waals surface area contributed by atoms with Crippen LogP contribution in [-0.4, -0.2) is 26.1 Å². The Balaban J connectivity index is 2.41. The summed E-state index contributed by atoms with van der Waals surface area (Å²) in [6, 6.07) is 7.71. The van der Waals surface area contributed by atoms with E-state index < -0.39 is 0 Å². The van der Waals surface area contributed by atoms with Gasteiger partial charge in [0, 0.05) is 31.8 Å². The minimum atomic E-state index is 0.0356. The Labute approximate surface area is 96.0 Å². The van der Waals surface area contributed by atoms with Gasteiger partial charge in [-0.15, -0.1) is 0 Å². The monoisotopic (exact) mass is 222 g/mol.